The van der Waals surface area contributed by atoms with Crippen molar-refractivity contribution >= 4 is 18.8 Å². The van der Waals surface area contributed by atoms with Gasteiger partial charge in [0.1, 0.15) is 0 Å². The topological polar surface area (TPSA) is 9.23 Å². The molecule has 2 heteroatoms. The van der Waals surface area contributed by atoms with Gasteiger partial charge in [-0.2, -0.15) is 0 Å². The zero-order chi connectivity index (χ0) is 15.9. The van der Waals surface area contributed by atoms with E-state index in [0.717, 1.165) is 6.42 Å². The molecule has 1 atom stereocenters. The van der Waals surface area contributed by atoms with Crippen LogP contribution in [0.3, 0.4) is 0 Å². The molecule has 3 aromatic rings. The summed E-state index contributed by atoms with van der Waals surface area (Å²) in [5.74, 6) is 0. The van der Waals surface area contributed by atoms with Gasteiger partial charge in [-0.15, -0.1) is 0 Å². The summed E-state index contributed by atoms with van der Waals surface area (Å²) >= 11 is 0. The van der Waals surface area contributed by atoms with Crippen molar-refractivity contribution in [1.82, 2.24) is 0 Å². The molecule has 0 heterocycles. The lowest BCUT2D eigenvalue weighted by molar-refractivity contribution is 0.254. The van der Waals surface area contributed by atoms with Gasteiger partial charge in [0.15, 0.2) is 0 Å². The summed E-state index contributed by atoms with van der Waals surface area (Å²) in [5, 5.41) is 2.52. The Morgan fingerprint density at radius 3 is 1.61 bits per heavy atom. The van der Waals surface area contributed by atoms with Crippen molar-refractivity contribution < 1.29 is 4.52 Å². The minimum Gasteiger partial charge on any atom is -0.346 e. The molecule has 3 rings (SSSR count). The lowest BCUT2D eigenvalue weighted by atomic mass is 10.1. The Balaban J connectivity index is 1.79. The third-order valence-electron chi connectivity index (χ3n) is 3.63. The fourth-order valence-corrected chi connectivity index (χ4v) is 4.42. The fraction of sp³-hybridized carbons (Fsp3) is 0.143. The molecule has 0 fully saturated rings. The van der Waals surface area contributed by atoms with Crippen LogP contribution in [0, 0.1) is 0 Å². The van der Waals surface area contributed by atoms with Gasteiger partial charge in [0.2, 0.25) is 0 Å². The number of hydrogen-bond acceptors (Lipinski definition) is 1. The van der Waals surface area contributed by atoms with Gasteiger partial charge in [0.05, 0.1) is 14.3 Å². The van der Waals surface area contributed by atoms with Gasteiger partial charge in [0.25, 0.3) is 0 Å². The Morgan fingerprint density at radius 2 is 1.13 bits per heavy atom. The first-order chi connectivity index (χ1) is 11.3. The molecule has 1 unspecified atom stereocenters. The minimum atomic E-state index is -0.786. The van der Waals surface area contributed by atoms with Crippen LogP contribution in [0.15, 0.2) is 91.0 Å². The number of hydrogen-bond donors (Lipinski definition) is 0. The predicted molar refractivity (Wildman–Crippen MR) is 99.8 cm³/mol. The highest BCUT2D eigenvalue weighted by Crippen LogP contribution is 2.36. The third kappa shape index (κ3) is 4.51. The van der Waals surface area contributed by atoms with Crippen molar-refractivity contribution in [3.63, 3.8) is 0 Å². The van der Waals surface area contributed by atoms with Gasteiger partial charge in [-0.1, -0.05) is 91.0 Å². The quantitative estimate of drug-likeness (QED) is 0.599. The fourth-order valence-electron chi connectivity index (χ4n) is 2.56. The van der Waals surface area contributed by atoms with Gasteiger partial charge in [-0.25, -0.2) is 0 Å². The van der Waals surface area contributed by atoms with Crippen LogP contribution in [0.2, 0.25) is 0 Å². The van der Waals surface area contributed by atoms with Crippen molar-refractivity contribution in [3.8, 4) is 0 Å². The first-order valence-electron chi connectivity index (χ1n) is 7.94. The van der Waals surface area contributed by atoms with E-state index in [1.54, 1.807) is 0 Å². The minimum absolute atomic E-state index is 0.170. The maximum absolute atomic E-state index is 6.49. The first-order valence-corrected chi connectivity index (χ1v) is 9.20. The predicted octanol–water partition coefficient (Wildman–Crippen LogP) is 4.68. The second kappa shape index (κ2) is 8.06. The normalized spacial score (nSPS) is 12.3. The lowest BCUT2D eigenvalue weighted by Crippen LogP contribution is -2.19. The highest BCUT2D eigenvalue weighted by molar-refractivity contribution is 7.68. The average molecular weight is 320 g/mol. The maximum Gasteiger partial charge on any atom is 0.0921 e. The van der Waals surface area contributed by atoms with Crippen molar-refractivity contribution in [2.24, 2.45) is 0 Å². The largest absolute Gasteiger partial charge is 0.346 e. The van der Waals surface area contributed by atoms with Crippen molar-refractivity contribution in [2.75, 3.05) is 0 Å². The molecule has 0 aromatic heterocycles. The molecule has 23 heavy (non-hydrogen) atoms. The molecule has 1 nitrogen and oxygen atoms in total. The monoisotopic (exact) mass is 320 g/mol. The van der Waals surface area contributed by atoms with Crippen LogP contribution in [0.25, 0.3) is 0 Å². The molecular formula is C21H21OP. The molecule has 0 radical (unpaired) electrons. The Bertz CT molecular complexity index is 658. The van der Waals surface area contributed by atoms with Gasteiger partial charge >= 0.3 is 0 Å². The second-order valence-corrected chi connectivity index (χ2v) is 7.40. The Morgan fingerprint density at radius 1 is 0.696 bits per heavy atom. The van der Waals surface area contributed by atoms with Gasteiger partial charge in [0, 0.05) is 10.6 Å². The summed E-state index contributed by atoms with van der Waals surface area (Å²) in [6.07, 6.45) is 1.10. The van der Waals surface area contributed by atoms with Crippen LogP contribution >= 0.6 is 8.15 Å². The summed E-state index contributed by atoms with van der Waals surface area (Å²) in [6, 6.07) is 31.6. The molecule has 0 N–H and O–H groups in total. The molecule has 116 valence electrons. The zero-order valence-corrected chi connectivity index (χ0v) is 14.2. The number of rotatable bonds is 6. The van der Waals surface area contributed by atoms with E-state index in [4.69, 9.17) is 4.52 Å². The molecule has 0 saturated heterocycles. The molecule has 3 aromatic carbocycles. The second-order valence-electron chi connectivity index (χ2n) is 5.57. The summed E-state index contributed by atoms with van der Waals surface area (Å²) in [5.41, 5.74) is 1.32. The van der Waals surface area contributed by atoms with E-state index in [-0.39, 0.29) is 6.10 Å². The van der Waals surface area contributed by atoms with Crippen LogP contribution in [0.4, 0.5) is 0 Å². The average Bonchev–Trinajstić information content (AvgIpc) is 2.62. The van der Waals surface area contributed by atoms with Crippen molar-refractivity contribution in [2.45, 2.75) is 19.4 Å². The van der Waals surface area contributed by atoms with E-state index in [1.807, 2.05) is 0 Å². The van der Waals surface area contributed by atoms with E-state index in [2.05, 4.69) is 97.9 Å². The van der Waals surface area contributed by atoms with Crippen LogP contribution < -0.4 is 10.6 Å². The zero-order valence-electron chi connectivity index (χ0n) is 13.3. The maximum atomic E-state index is 6.49. The highest BCUT2D eigenvalue weighted by atomic mass is 31.1. The molecule has 0 aliphatic rings. The highest BCUT2D eigenvalue weighted by Gasteiger charge is 2.18. The summed E-state index contributed by atoms with van der Waals surface area (Å²) in [6.45, 7) is 2.16. The Kier molecular flexibility index (Phi) is 5.58. The molecule has 0 saturated carbocycles. The van der Waals surface area contributed by atoms with Crippen molar-refractivity contribution in [3.05, 3.63) is 96.6 Å². The summed E-state index contributed by atoms with van der Waals surface area (Å²) in [4.78, 5) is 0. The lowest BCUT2D eigenvalue weighted by Gasteiger charge is -2.23. The first kappa shape index (κ1) is 15.9. The molecule has 0 spiro atoms. The van der Waals surface area contributed by atoms with Crippen molar-refractivity contribution in [1.29, 1.82) is 0 Å². The summed E-state index contributed by atoms with van der Waals surface area (Å²) in [7, 11) is -0.786. The number of benzene rings is 3. The van der Waals surface area contributed by atoms with Crippen LogP contribution in [-0.2, 0) is 10.9 Å². The van der Waals surface area contributed by atoms with E-state index < -0.39 is 8.15 Å². The van der Waals surface area contributed by atoms with Gasteiger partial charge in [-0.3, -0.25) is 0 Å². The molecule has 0 bridgehead atoms. The van der Waals surface area contributed by atoms with Gasteiger partial charge < -0.3 is 4.52 Å². The van der Waals surface area contributed by atoms with Crippen LogP contribution in [-0.4, -0.2) is 6.10 Å². The molecular weight excluding hydrogens is 299 g/mol. The van der Waals surface area contributed by atoms with E-state index >= 15 is 0 Å². The third-order valence-corrected chi connectivity index (χ3v) is 5.74. The van der Waals surface area contributed by atoms with Crippen LogP contribution in [0.5, 0.6) is 0 Å². The molecule has 0 aliphatic carbocycles. The standard InChI is InChI=1S/C21H21OP/c1-18(17-19-11-5-2-6-12-19)22-23(20-13-7-3-8-14-20)21-15-9-4-10-16-21/h2-16,18H,17H2,1H3. The summed E-state index contributed by atoms with van der Waals surface area (Å²) < 4.78 is 6.49. The Hall–Kier alpha value is -1.95. The SMILES string of the molecule is CC(Cc1ccccc1)OP(c1ccccc1)c1ccccc1. The van der Waals surface area contributed by atoms with E-state index in [1.165, 1.54) is 16.2 Å². The van der Waals surface area contributed by atoms with Gasteiger partial charge in [-0.05, 0) is 18.9 Å². The van der Waals surface area contributed by atoms with E-state index in [9.17, 15) is 0 Å². The van der Waals surface area contributed by atoms with E-state index in [0.29, 0.717) is 0 Å². The smallest absolute Gasteiger partial charge is 0.0921 e. The Labute approximate surface area is 139 Å². The van der Waals surface area contributed by atoms with Crippen LogP contribution in [0.1, 0.15) is 12.5 Å². The molecule has 0 aliphatic heterocycles. The molecule has 0 amide bonds.